The largest absolute Gasteiger partial charge is 0.288 e. The molecular formula is C11H4BrCl3OS. The summed E-state index contributed by atoms with van der Waals surface area (Å²) in [6.45, 7) is 0. The molecule has 0 bridgehead atoms. The van der Waals surface area contributed by atoms with E-state index in [9.17, 15) is 4.79 Å². The maximum absolute atomic E-state index is 12.2. The van der Waals surface area contributed by atoms with Gasteiger partial charge >= 0.3 is 0 Å². The van der Waals surface area contributed by atoms with Crippen LogP contribution in [0.5, 0.6) is 0 Å². The van der Waals surface area contributed by atoms with E-state index in [0.29, 0.717) is 10.6 Å². The van der Waals surface area contributed by atoms with Crippen molar-refractivity contribution in [1.82, 2.24) is 0 Å². The van der Waals surface area contributed by atoms with Gasteiger partial charge in [-0.15, -0.1) is 11.3 Å². The zero-order valence-electron chi connectivity index (χ0n) is 8.14. The van der Waals surface area contributed by atoms with Crippen LogP contribution in [0.4, 0.5) is 0 Å². The molecule has 0 saturated heterocycles. The summed E-state index contributed by atoms with van der Waals surface area (Å²) in [6.07, 6.45) is 0. The molecule has 88 valence electrons. The van der Waals surface area contributed by atoms with Crippen molar-refractivity contribution in [2.45, 2.75) is 0 Å². The number of carbonyl (C=O) groups excluding carboxylic acids is 1. The van der Waals surface area contributed by atoms with Gasteiger partial charge in [-0.3, -0.25) is 4.79 Å². The van der Waals surface area contributed by atoms with Gasteiger partial charge in [0.15, 0.2) is 5.78 Å². The van der Waals surface area contributed by atoms with E-state index in [0.717, 1.165) is 3.79 Å². The number of carbonyl (C=O) groups is 1. The van der Waals surface area contributed by atoms with Crippen LogP contribution in [-0.2, 0) is 0 Å². The number of ketones is 1. The Bertz CT molecular complexity index is 571. The summed E-state index contributed by atoms with van der Waals surface area (Å²) in [5.41, 5.74) is 0.830. The van der Waals surface area contributed by atoms with Gasteiger partial charge < -0.3 is 0 Å². The third kappa shape index (κ3) is 2.85. The third-order valence-corrected chi connectivity index (χ3v) is 4.38. The average Bonchev–Trinajstić information content (AvgIpc) is 2.63. The van der Waals surface area contributed by atoms with E-state index in [4.69, 9.17) is 34.8 Å². The van der Waals surface area contributed by atoms with Gasteiger partial charge in [-0.2, -0.15) is 0 Å². The van der Waals surface area contributed by atoms with Gasteiger partial charge in [0.05, 0.1) is 19.4 Å². The average molecular weight is 370 g/mol. The molecule has 1 aromatic heterocycles. The van der Waals surface area contributed by atoms with Gasteiger partial charge in [-0.05, 0) is 34.1 Å². The molecule has 2 rings (SSSR count). The van der Waals surface area contributed by atoms with Crippen LogP contribution < -0.4 is 0 Å². The lowest BCUT2D eigenvalue weighted by atomic mass is 10.1. The molecule has 0 unspecified atom stereocenters. The van der Waals surface area contributed by atoms with Crippen LogP contribution in [-0.4, -0.2) is 5.78 Å². The molecule has 0 aliphatic carbocycles. The summed E-state index contributed by atoms with van der Waals surface area (Å²) in [6, 6.07) is 4.74. The van der Waals surface area contributed by atoms with E-state index >= 15 is 0 Å². The molecule has 1 heterocycles. The van der Waals surface area contributed by atoms with E-state index in [1.165, 1.54) is 23.5 Å². The minimum Gasteiger partial charge on any atom is -0.288 e. The van der Waals surface area contributed by atoms with Gasteiger partial charge in [0.1, 0.15) is 0 Å². The van der Waals surface area contributed by atoms with E-state index in [2.05, 4.69) is 15.9 Å². The fraction of sp³-hybridized carbons (Fsp3) is 0. The molecule has 0 aliphatic rings. The van der Waals surface area contributed by atoms with Gasteiger partial charge in [-0.25, -0.2) is 0 Å². The summed E-state index contributed by atoms with van der Waals surface area (Å²) in [4.78, 5) is 12.2. The van der Waals surface area contributed by atoms with E-state index in [-0.39, 0.29) is 21.4 Å². The zero-order valence-corrected chi connectivity index (χ0v) is 12.8. The number of benzene rings is 1. The number of hydrogen-bond acceptors (Lipinski definition) is 2. The van der Waals surface area contributed by atoms with Crippen molar-refractivity contribution in [2.24, 2.45) is 0 Å². The number of thiophene rings is 1. The summed E-state index contributed by atoms with van der Waals surface area (Å²) in [5.74, 6) is -0.210. The highest BCUT2D eigenvalue weighted by atomic mass is 79.9. The SMILES string of the molecule is O=C(c1csc(Br)c1)c1c(Cl)cc(Cl)cc1Cl. The highest BCUT2D eigenvalue weighted by Crippen LogP contribution is 2.32. The first-order chi connectivity index (χ1) is 7.99. The van der Waals surface area contributed by atoms with Gasteiger partial charge in [-0.1, -0.05) is 34.8 Å². The molecule has 0 saturated carbocycles. The van der Waals surface area contributed by atoms with Crippen molar-refractivity contribution < 1.29 is 4.79 Å². The molecular weight excluding hydrogens is 366 g/mol. The summed E-state index contributed by atoms with van der Waals surface area (Å²) in [7, 11) is 0. The lowest BCUT2D eigenvalue weighted by molar-refractivity contribution is 0.103. The number of rotatable bonds is 2. The smallest absolute Gasteiger partial charge is 0.196 e. The lowest BCUT2D eigenvalue weighted by Crippen LogP contribution is -2.01. The van der Waals surface area contributed by atoms with Crippen LogP contribution in [0.2, 0.25) is 15.1 Å². The Morgan fingerprint density at radius 2 is 1.71 bits per heavy atom. The van der Waals surface area contributed by atoms with Crippen LogP contribution in [0.15, 0.2) is 27.4 Å². The molecule has 17 heavy (non-hydrogen) atoms. The topological polar surface area (TPSA) is 17.1 Å². The molecule has 1 nitrogen and oxygen atoms in total. The van der Waals surface area contributed by atoms with Crippen molar-refractivity contribution in [3.63, 3.8) is 0 Å². The van der Waals surface area contributed by atoms with Crippen molar-refractivity contribution in [1.29, 1.82) is 0 Å². The predicted octanol–water partition coefficient (Wildman–Crippen LogP) is 5.70. The normalized spacial score (nSPS) is 10.6. The predicted molar refractivity (Wildman–Crippen MR) is 76.9 cm³/mol. The second kappa shape index (κ2) is 5.29. The molecule has 0 N–H and O–H groups in total. The number of halogens is 4. The molecule has 0 spiro atoms. The molecule has 6 heteroatoms. The molecule has 0 atom stereocenters. The van der Waals surface area contributed by atoms with Crippen molar-refractivity contribution in [3.8, 4) is 0 Å². The van der Waals surface area contributed by atoms with Crippen LogP contribution in [0, 0.1) is 0 Å². The van der Waals surface area contributed by atoms with Crippen molar-refractivity contribution >= 4 is 67.9 Å². The molecule has 0 fully saturated rings. The van der Waals surface area contributed by atoms with E-state index in [1.807, 2.05) is 0 Å². The fourth-order valence-corrected chi connectivity index (χ4v) is 3.46. The van der Waals surface area contributed by atoms with Crippen LogP contribution in [0.3, 0.4) is 0 Å². The fourth-order valence-electron chi connectivity index (χ4n) is 1.33. The Hall–Kier alpha value is -0.0600. The molecule has 0 aliphatic heterocycles. The molecule has 1 aromatic carbocycles. The van der Waals surface area contributed by atoms with Gasteiger partial charge in [0, 0.05) is 16.0 Å². The summed E-state index contributed by atoms with van der Waals surface area (Å²) >= 11 is 22.5. The lowest BCUT2D eigenvalue weighted by Gasteiger charge is -2.05. The summed E-state index contributed by atoms with van der Waals surface area (Å²) in [5, 5.41) is 2.67. The molecule has 2 aromatic rings. The van der Waals surface area contributed by atoms with Crippen LogP contribution in [0.25, 0.3) is 0 Å². The Morgan fingerprint density at radius 1 is 1.12 bits per heavy atom. The van der Waals surface area contributed by atoms with Crippen molar-refractivity contribution in [3.05, 3.63) is 53.6 Å². The third-order valence-electron chi connectivity index (χ3n) is 2.06. The maximum atomic E-state index is 12.2. The first-order valence-corrected chi connectivity index (χ1v) is 7.23. The quantitative estimate of drug-likeness (QED) is 0.620. The minimum atomic E-state index is -0.210. The van der Waals surface area contributed by atoms with Gasteiger partial charge in [0.25, 0.3) is 0 Å². The van der Waals surface area contributed by atoms with Crippen LogP contribution >= 0.6 is 62.1 Å². The van der Waals surface area contributed by atoms with E-state index < -0.39 is 0 Å². The minimum absolute atomic E-state index is 0.210. The van der Waals surface area contributed by atoms with Crippen LogP contribution in [0.1, 0.15) is 15.9 Å². The Labute approximate surface area is 125 Å². The van der Waals surface area contributed by atoms with Crippen molar-refractivity contribution in [2.75, 3.05) is 0 Å². The summed E-state index contributed by atoms with van der Waals surface area (Å²) < 4.78 is 0.877. The van der Waals surface area contributed by atoms with Gasteiger partial charge in [0.2, 0.25) is 0 Å². The Morgan fingerprint density at radius 3 is 2.18 bits per heavy atom. The van der Waals surface area contributed by atoms with E-state index in [1.54, 1.807) is 11.4 Å². The molecule has 0 radical (unpaired) electrons. The highest BCUT2D eigenvalue weighted by molar-refractivity contribution is 9.11. The number of hydrogen-bond donors (Lipinski definition) is 0. The monoisotopic (exact) mass is 368 g/mol. The maximum Gasteiger partial charge on any atom is 0.196 e. The molecule has 0 amide bonds. The zero-order chi connectivity index (χ0) is 12.6. The highest BCUT2D eigenvalue weighted by Gasteiger charge is 2.18. The first-order valence-electron chi connectivity index (χ1n) is 4.42. The first kappa shape index (κ1) is 13.4. The Balaban J connectivity index is 2.51. The standard InChI is InChI=1S/C11H4BrCl3OS/c12-9-1-5(4-17-9)11(16)10-7(14)2-6(13)3-8(10)15/h1-4H. The second-order valence-electron chi connectivity index (χ2n) is 3.21. The second-order valence-corrected chi connectivity index (χ2v) is 6.75. The Kier molecular flexibility index (Phi) is 4.16.